The van der Waals surface area contributed by atoms with Crippen LogP contribution in [-0.2, 0) is 13.0 Å². The van der Waals surface area contributed by atoms with Crippen molar-refractivity contribution in [2.24, 2.45) is 0 Å². The molecule has 1 aromatic rings. The second-order valence-corrected chi connectivity index (χ2v) is 5.15. The van der Waals surface area contributed by atoms with Crippen molar-refractivity contribution in [3.63, 3.8) is 0 Å². The number of rotatable bonds is 5. The summed E-state index contributed by atoms with van der Waals surface area (Å²) in [5, 5.41) is 16.4. The maximum Gasteiger partial charge on any atom is 0.317 e. The molecule has 0 radical (unpaired) electrons. The van der Waals surface area contributed by atoms with Crippen LogP contribution in [0.5, 0.6) is 0 Å². The van der Waals surface area contributed by atoms with E-state index in [1.54, 1.807) is 4.90 Å². The summed E-state index contributed by atoms with van der Waals surface area (Å²) in [5.41, 5.74) is 0. The fraction of sp³-hybridized carbons (Fsp3) is 0.769. The summed E-state index contributed by atoms with van der Waals surface area (Å²) in [5.74, 6) is 1.77. The Morgan fingerprint density at radius 3 is 3.05 bits per heavy atom. The molecule has 1 aliphatic rings. The molecule has 1 aliphatic heterocycles. The predicted molar refractivity (Wildman–Crippen MR) is 74.3 cm³/mol. The second kappa shape index (κ2) is 6.69. The molecule has 2 amide bonds. The molecule has 7 nitrogen and oxygen atoms in total. The SMILES string of the molecule is CCCN(CCO)C(=O)NC1CCc2nc(C)nn2C1. The van der Waals surface area contributed by atoms with E-state index in [1.807, 2.05) is 18.5 Å². The van der Waals surface area contributed by atoms with Gasteiger partial charge in [0, 0.05) is 19.5 Å². The largest absolute Gasteiger partial charge is 0.395 e. The summed E-state index contributed by atoms with van der Waals surface area (Å²) < 4.78 is 1.87. The van der Waals surface area contributed by atoms with Crippen LogP contribution in [0, 0.1) is 6.92 Å². The zero-order valence-corrected chi connectivity index (χ0v) is 12.2. The Labute approximate surface area is 119 Å². The van der Waals surface area contributed by atoms with Crippen LogP contribution in [0.15, 0.2) is 0 Å². The number of hydrogen-bond donors (Lipinski definition) is 2. The van der Waals surface area contributed by atoms with Crippen molar-refractivity contribution in [1.82, 2.24) is 25.0 Å². The van der Waals surface area contributed by atoms with E-state index in [9.17, 15) is 4.79 Å². The predicted octanol–water partition coefficient (Wildman–Crippen LogP) is 0.315. The number of aromatic nitrogens is 3. The summed E-state index contributed by atoms with van der Waals surface area (Å²) in [4.78, 5) is 18.2. The van der Waals surface area contributed by atoms with Crippen molar-refractivity contribution < 1.29 is 9.90 Å². The van der Waals surface area contributed by atoms with Gasteiger partial charge in [-0.05, 0) is 19.8 Å². The maximum absolute atomic E-state index is 12.2. The number of nitrogens with one attached hydrogen (secondary N) is 1. The van der Waals surface area contributed by atoms with E-state index in [0.29, 0.717) is 19.6 Å². The van der Waals surface area contributed by atoms with E-state index < -0.39 is 0 Å². The third-order valence-corrected chi connectivity index (χ3v) is 3.44. The first-order valence-corrected chi connectivity index (χ1v) is 7.20. The summed E-state index contributed by atoms with van der Waals surface area (Å²) >= 11 is 0. The van der Waals surface area contributed by atoms with Crippen LogP contribution in [0.25, 0.3) is 0 Å². The Bertz CT molecular complexity index is 454. The first-order valence-electron chi connectivity index (χ1n) is 7.20. The van der Waals surface area contributed by atoms with Gasteiger partial charge in [-0.1, -0.05) is 6.92 Å². The van der Waals surface area contributed by atoms with E-state index in [-0.39, 0.29) is 18.7 Å². The van der Waals surface area contributed by atoms with Gasteiger partial charge in [-0.3, -0.25) is 0 Å². The van der Waals surface area contributed by atoms with Gasteiger partial charge in [0.1, 0.15) is 11.6 Å². The summed E-state index contributed by atoms with van der Waals surface area (Å²) in [6, 6.07) is -0.0275. The topological polar surface area (TPSA) is 83.3 Å². The van der Waals surface area contributed by atoms with Gasteiger partial charge in [-0.25, -0.2) is 14.5 Å². The molecule has 7 heteroatoms. The highest BCUT2D eigenvalue weighted by molar-refractivity contribution is 5.74. The highest BCUT2D eigenvalue weighted by atomic mass is 16.3. The molecule has 2 heterocycles. The third-order valence-electron chi connectivity index (χ3n) is 3.44. The van der Waals surface area contributed by atoms with Crippen LogP contribution in [-0.4, -0.2) is 56.5 Å². The molecule has 0 spiro atoms. The van der Waals surface area contributed by atoms with E-state index in [4.69, 9.17) is 5.11 Å². The Hall–Kier alpha value is -1.63. The highest BCUT2D eigenvalue weighted by Crippen LogP contribution is 2.13. The van der Waals surface area contributed by atoms with Gasteiger partial charge in [-0.2, -0.15) is 5.10 Å². The number of fused-ring (bicyclic) bond motifs is 1. The van der Waals surface area contributed by atoms with Crippen LogP contribution in [0.1, 0.15) is 31.4 Å². The summed E-state index contributed by atoms with van der Waals surface area (Å²) in [6.07, 6.45) is 2.59. The molecule has 0 bridgehead atoms. The number of aryl methyl sites for hydroxylation is 2. The van der Waals surface area contributed by atoms with Gasteiger partial charge < -0.3 is 15.3 Å². The van der Waals surface area contributed by atoms with Gasteiger partial charge in [0.25, 0.3) is 0 Å². The first kappa shape index (κ1) is 14.8. The minimum absolute atomic E-state index is 0.00942. The zero-order chi connectivity index (χ0) is 14.5. The van der Waals surface area contributed by atoms with Crippen LogP contribution >= 0.6 is 0 Å². The number of aliphatic hydroxyl groups is 1. The van der Waals surface area contributed by atoms with Gasteiger partial charge in [0.05, 0.1) is 19.2 Å². The molecular formula is C13H23N5O2. The number of carbonyl (C=O) groups excluding carboxylic acids is 1. The lowest BCUT2D eigenvalue weighted by Gasteiger charge is -2.28. The van der Waals surface area contributed by atoms with Crippen molar-refractivity contribution >= 4 is 6.03 Å². The standard InChI is InChI=1S/C13H23N5O2/c1-3-6-17(7-8-19)13(20)15-11-4-5-12-14-10(2)16-18(12)9-11/h11,19H,3-9H2,1-2H3,(H,15,20). The van der Waals surface area contributed by atoms with Crippen LogP contribution in [0.3, 0.4) is 0 Å². The van der Waals surface area contributed by atoms with E-state index in [1.165, 1.54) is 0 Å². The second-order valence-electron chi connectivity index (χ2n) is 5.15. The fourth-order valence-electron chi connectivity index (χ4n) is 2.52. The van der Waals surface area contributed by atoms with Crippen LogP contribution in [0.2, 0.25) is 0 Å². The highest BCUT2D eigenvalue weighted by Gasteiger charge is 2.23. The molecule has 112 valence electrons. The van der Waals surface area contributed by atoms with Crippen molar-refractivity contribution in [1.29, 1.82) is 0 Å². The molecule has 0 saturated carbocycles. The van der Waals surface area contributed by atoms with Gasteiger partial charge in [0.2, 0.25) is 0 Å². The molecule has 1 unspecified atom stereocenters. The zero-order valence-electron chi connectivity index (χ0n) is 12.2. The fourth-order valence-corrected chi connectivity index (χ4v) is 2.52. The quantitative estimate of drug-likeness (QED) is 0.814. The molecular weight excluding hydrogens is 258 g/mol. The molecule has 0 aromatic carbocycles. The van der Waals surface area contributed by atoms with E-state index in [2.05, 4.69) is 15.4 Å². The van der Waals surface area contributed by atoms with Gasteiger partial charge in [-0.15, -0.1) is 0 Å². The number of aliphatic hydroxyl groups excluding tert-OH is 1. The third kappa shape index (κ3) is 3.47. The van der Waals surface area contributed by atoms with Crippen molar-refractivity contribution in [2.75, 3.05) is 19.7 Å². The van der Waals surface area contributed by atoms with Crippen molar-refractivity contribution in [3.8, 4) is 0 Å². The molecule has 20 heavy (non-hydrogen) atoms. The van der Waals surface area contributed by atoms with Crippen LogP contribution < -0.4 is 5.32 Å². The summed E-state index contributed by atoms with van der Waals surface area (Å²) in [6.45, 7) is 5.59. The monoisotopic (exact) mass is 281 g/mol. The molecule has 2 rings (SSSR count). The number of nitrogens with zero attached hydrogens (tertiary/aromatic N) is 4. The van der Waals surface area contributed by atoms with E-state index in [0.717, 1.165) is 30.9 Å². The lowest BCUT2D eigenvalue weighted by atomic mass is 10.1. The molecule has 1 atom stereocenters. The molecule has 0 saturated heterocycles. The number of carbonyl (C=O) groups is 1. The summed E-state index contributed by atoms with van der Waals surface area (Å²) in [7, 11) is 0. The lowest BCUT2D eigenvalue weighted by Crippen LogP contribution is -2.48. The Morgan fingerprint density at radius 1 is 1.55 bits per heavy atom. The number of amides is 2. The number of hydrogen-bond acceptors (Lipinski definition) is 4. The van der Waals surface area contributed by atoms with Gasteiger partial charge >= 0.3 is 6.03 Å². The Kier molecular flexibility index (Phi) is 4.94. The van der Waals surface area contributed by atoms with Crippen LogP contribution in [0.4, 0.5) is 4.79 Å². The Balaban J connectivity index is 1.92. The maximum atomic E-state index is 12.2. The smallest absolute Gasteiger partial charge is 0.317 e. The average molecular weight is 281 g/mol. The first-order chi connectivity index (χ1) is 9.63. The molecule has 2 N–H and O–H groups in total. The lowest BCUT2D eigenvalue weighted by molar-refractivity contribution is 0.171. The number of urea groups is 1. The minimum Gasteiger partial charge on any atom is -0.395 e. The van der Waals surface area contributed by atoms with Crippen molar-refractivity contribution in [3.05, 3.63) is 11.6 Å². The normalized spacial score (nSPS) is 17.6. The molecule has 1 aromatic heterocycles. The molecule has 0 fully saturated rings. The minimum atomic E-state index is -0.105. The van der Waals surface area contributed by atoms with Gasteiger partial charge in [0.15, 0.2) is 0 Å². The average Bonchev–Trinajstić information content (AvgIpc) is 2.77. The van der Waals surface area contributed by atoms with Crippen molar-refractivity contribution in [2.45, 2.75) is 45.7 Å². The Morgan fingerprint density at radius 2 is 2.35 bits per heavy atom. The van der Waals surface area contributed by atoms with E-state index >= 15 is 0 Å². The molecule has 0 aliphatic carbocycles.